The van der Waals surface area contributed by atoms with Gasteiger partial charge in [0.05, 0.1) is 17.1 Å². The summed E-state index contributed by atoms with van der Waals surface area (Å²) in [6.07, 6.45) is 2.14. The fourth-order valence-corrected chi connectivity index (χ4v) is 4.53. The van der Waals surface area contributed by atoms with Crippen LogP contribution in [0.15, 0.2) is 54.6 Å². The Morgan fingerprint density at radius 1 is 0.861 bits per heavy atom. The normalized spacial score (nSPS) is 12.3. The maximum Gasteiger partial charge on any atom is 0.182 e. The van der Waals surface area contributed by atoms with Crippen LogP contribution in [0, 0.1) is 0 Å². The summed E-state index contributed by atoms with van der Waals surface area (Å²) in [4.78, 5) is 17.0. The van der Waals surface area contributed by atoms with Gasteiger partial charge in [0, 0.05) is 33.3 Å². The Kier molecular flexibility index (Phi) is 8.62. The highest BCUT2D eigenvalue weighted by Crippen LogP contribution is 2.34. The number of nitrogens with two attached hydrogens (primary N) is 1. The summed E-state index contributed by atoms with van der Waals surface area (Å²) >= 11 is 12.3. The zero-order valence-electron chi connectivity index (χ0n) is 20.9. The van der Waals surface area contributed by atoms with Crippen molar-refractivity contribution in [2.24, 2.45) is 0 Å². The number of fused-ring (bicyclic) bond motifs is 1. The largest absolute Gasteiger partial charge is 0.384 e. The Morgan fingerprint density at radius 3 is 1.97 bits per heavy atom. The van der Waals surface area contributed by atoms with Crippen molar-refractivity contribution in [1.82, 2.24) is 19.9 Å². The first kappa shape index (κ1) is 26.1. The number of hydrogen-bond donors (Lipinski definition) is 2. The van der Waals surface area contributed by atoms with Crippen LogP contribution in [0.5, 0.6) is 0 Å². The van der Waals surface area contributed by atoms with Gasteiger partial charge in [0.15, 0.2) is 5.65 Å². The average molecular weight is 524 g/mol. The molecule has 8 heteroatoms. The SMILES string of the molecule is CCN(CC)CCCC(C)Nc1cc(N)nc2nc(-c3ccc(Cl)cc3)c(-c3ccc(Cl)cc3)nc12. The number of anilines is 2. The van der Waals surface area contributed by atoms with Gasteiger partial charge in [-0.15, -0.1) is 0 Å². The molecule has 0 saturated heterocycles. The standard InChI is InChI=1S/C28H32Cl2N6/c1-4-36(5-2)16-6-7-18(3)32-23-17-24(31)33-28-27(23)34-25(19-8-12-21(29)13-9-19)26(35-28)20-10-14-22(30)15-11-20/h8-15,17-18H,4-7,16H2,1-3H3,(H3,31,32,33,35). The highest BCUT2D eigenvalue weighted by Gasteiger charge is 2.18. The molecular formula is C28H32Cl2N6. The summed E-state index contributed by atoms with van der Waals surface area (Å²) in [6, 6.07) is 17.2. The van der Waals surface area contributed by atoms with Crippen molar-refractivity contribution in [3.63, 3.8) is 0 Å². The van der Waals surface area contributed by atoms with Crippen molar-refractivity contribution in [3.8, 4) is 22.5 Å². The molecule has 4 aromatic rings. The molecule has 6 nitrogen and oxygen atoms in total. The summed E-state index contributed by atoms with van der Waals surface area (Å²) in [7, 11) is 0. The van der Waals surface area contributed by atoms with E-state index in [1.165, 1.54) is 0 Å². The molecule has 3 N–H and O–H groups in total. The molecule has 2 aromatic carbocycles. The predicted molar refractivity (Wildman–Crippen MR) is 153 cm³/mol. The van der Waals surface area contributed by atoms with Crippen molar-refractivity contribution in [1.29, 1.82) is 0 Å². The quantitative estimate of drug-likeness (QED) is 0.229. The van der Waals surface area contributed by atoms with Crippen LogP contribution in [0.2, 0.25) is 10.0 Å². The molecule has 2 aromatic heterocycles. The molecule has 4 rings (SSSR count). The van der Waals surface area contributed by atoms with E-state index in [1.807, 2.05) is 54.6 Å². The summed E-state index contributed by atoms with van der Waals surface area (Å²) in [5.41, 5.74) is 11.5. The number of pyridine rings is 1. The summed E-state index contributed by atoms with van der Waals surface area (Å²) in [6.45, 7) is 9.81. The number of nitrogen functional groups attached to an aromatic ring is 1. The lowest BCUT2D eigenvalue weighted by molar-refractivity contribution is 0.295. The molecule has 188 valence electrons. The van der Waals surface area contributed by atoms with Crippen LogP contribution in [0.25, 0.3) is 33.7 Å². The first-order valence-electron chi connectivity index (χ1n) is 12.4. The lowest BCUT2D eigenvalue weighted by atomic mass is 10.0. The molecule has 0 saturated carbocycles. The van der Waals surface area contributed by atoms with E-state index in [2.05, 4.69) is 36.0 Å². The van der Waals surface area contributed by atoms with Crippen molar-refractivity contribution in [3.05, 3.63) is 64.6 Å². The van der Waals surface area contributed by atoms with Gasteiger partial charge in [-0.2, -0.15) is 0 Å². The molecule has 1 unspecified atom stereocenters. The average Bonchev–Trinajstić information content (AvgIpc) is 2.87. The van der Waals surface area contributed by atoms with Crippen LogP contribution >= 0.6 is 23.2 Å². The lowest BCUT2D eigenvalue weighted by Crippen LogP contribution is -2.25. The number of nitrogens with one attached hydrogen (secondary N) is 1. The van der Waals surface area contributed by atoms with E-state index in [0.29, 0.717) is 32.7 Å². The minimum atomic E-state index is 0.238. The van der Waals surface area contributed by atoms with E-state index in [1.54, 1.807) is 0 Å². The zero-order valence-corrected chi connectivity index (χ0v) is 22.4. The fraction of sp³-hybridized carbons (Fsp3) is 0.321. The Balaban J connectivity index is 1.74. The second-order valence-corrected chi connectivity index (χ2v) is 9.79. The molecule has 0 aliphatic carbocycles. The first-order chi connectivity index (χ1) is 17.4. The van der Waals surface area contributed by atoms with Crippen LogP contribution in [0.3, 0.4) is 0 Å². The Morgan fingerprint density at radius 2 is 1.42 bits per heavy atom. The number of hydrogen-bond acceptors (Lipinski definition) is 6. The van der Waals surface area contributed by atoms with Gasteiger partial charge in [0.25, 0.3) is 0 Å². The minimum absolute atomic E-state index is 0.238. The highest BCUT2D eigenvalue weighted by atomic mass is 35.5. The van der Waals surface area contributed by atoms with Crippen molar-refractivity contribution in [2.75, 3.05) is 30.7 Å². The molecule has 2 heterocycles. The van der Waals surface area contributed by atoms with Crippen LogP contribution in [-0.4, -0.2) is 45.5 Å². The number of nitrogens with zero attached hydrogens (tertiary/aromatic N) is 4. The topological polar surface area (TPSA) is 80.0 Å². The molecule has 0 fully saturated rings. The van der Waals surface area contributed by atoms with E-state index < -0.39 is 0 Å². The van der Waals surface area contributed by atoms with Gasteiger partial charge in [0.2, 0.25) is 0 Å². The minimum Gasteiger partial charge on any atom is -0.384 e. The molecule has 36 heavy (non-hydrogen) atoms. The zero-order chi connectivity index (χ0) is 25.7. The third-order valence-corrected chi connectivity index (χ3v) is 6.81. The Labute approximate surface area is 222 Å². The second-order valence-electron chi connectivity index (χ2n) is 8.92. The van der Waals surface area contributed by atoms with E-state index in [4.69, 9.17) is 38.9 Å². The van der Waals surface area contributed by atoms with Gasteiger partial charge >= 0.3 is 0 Å². The number of benzene rings is 2. The second kappa shape index (κ2) is 11.9. The first-order valence-corrected chi connectivity index (χ1v) is 13.1. The van der Waals surface area contributed by atoms with Crippen molar-refractivity contribution in [2.45, 2.75) is 39.7 Å². The molecule has 1 atom stereocenters. The third-order valence-electron chi connectivity index (χ3n) is 6.30. The number of halogens is 2. The molecule has 0 aliphatic rings. The van der Waals surface area contributed by atoms with E-state index in [-0.39, 0.29) is 6.04 Å². The maximum atomic E-state index is 6.19. The number of rotatable bonds is 10. The molecule has 0 bridgehead atoms. The third kappa shape index (κ3) is 6.25. The summed E-state index contributed by atoms with van der Waals surface area (Å²) < 4.78 is 0. The van der Waals surface area contributed by atoms with Gasteiger partial charge in [-0.25, -0.2) is 15.0 Å². The lowest BCUT2D eigenvalue weighted by Gasteiger charge is -2.21. The van der Waals surface area contributed by atoms with Crippen LogP contribution in [0.4, 0.5) is 11.5 Å². The molecule has 0 spiro atoms. The molecule has 0 amide bonds. The maximum absolute atomic E-state index is 6.19. The molecular weight excluding hydrogens is 491 g/mol. The van der Waals surface area contributed by atoms with Crippen molar-refractivity contribution < 1.29 is 0 Å². The van der Waals surface area contributed by atoms with E-state index in [9.17, 15) is 0 Å². The Bertz CT molecular complexity index is 1300. The number of aromatic nitrogens is 3. The summed E-state index contributed by atoms with van der Waals surface area (Å²) in [5.74, 6) is 0.399. The monoisotopic (exact) mass is 522 g/mol. The summed E-state index contributed by atoms with van der Waals surface area (Å²) in [5, 5.41) is 4.93. The van der Waals surface area contributed by atoms with Gasteiger partial charge < -0.3 is 16.0 Å². The predicted octanol–water partition coefficient (Wildman–Crippen LogP) is 7.17. The van der Waals surface area contributed by atoms with Gasteiger partial charge in [0.1, 0.15) is 11.3 Å². The van der Waals surface area contributed by atoms with Gasteiger partial charge in [-0.3, -0.25) is 0 Å². The van der Waals surface area contributed by atoms with Gasteiger partial charge in [-0.05, 0) is 63.7 Å². The van der Waals surface area contributed by atoms with Gasteiger partial charge in [-0.1, -0.05) is 61.3 Å². The van der Waals surface area contributed by atoms with Crippen LogP contribution in [-0.2, 0) is 0 Å². The van der Waals surface area contributed by atoms with Crippen LogP contribution < -0.4 is 11.1 Å². The smallest absolute Gasteiger partial charge is 0.182 e. The van der Waals surface area contributed by atoms with Crippen molar-refractivity contribution >= 4 is 45.9 Å². The Hall–Kier alpha value is -2.93. The highest BCUT2D eigenvalue weighted by molar-refractivity contribution is 6.31. The van der Waals surface area contributed by atoms with E-state index in [0.717, 1.165) is 55.0 Å². The fourth-order valence-electron chi connectivity index (χ4n) is 4.28. The van der Waals surface area contributed by atoms with E-state index >= 15 is 0 Å². The van der Waals surface area contributed by atoms with Crippen LogP contribution in [0.1, 0.15) is 33.6 Å². The molecule has 0 aliphatic heterocycles. The molecule has 0 radical (unpaired) electrons.